The predicted molar refractivity (Wildman–Crippen MR) is 115 cm³/mol. The quantitative estimate of drug-likeness (QED) is 0.448. The van der Waals surface area contributed by atoms with Crippen molar-refractivity contribution in [1.29, 1.82) is 0 Å². The number of benzene rings is 1. The normalized spacial score (nSPS) is 12.1. The highest BCUT2D eigenvalue weighted by atomic mass is 35.5. The molecule has 29 heavy (non-hydrogen) atoms. The molecule has 1 atom stereocenters. The molecule has 0 amide bonds. The van der Waals surface area contributed by atoms with E-state index in [-0.39, 0.29) is 5.92 Å². The Morgan fingerprint density at radius 1 is 0.759 bits per heavy atom. The van der Waals surface area contributed by atoms with Gasteiger partial charge in [-0.05, 0) is 47.5 Å². The largest absolute Gasteiger partial charge is 0.387 e. The molecule has 0 fully saturated rings. The van der Waals surface area contributed by atoms with Crippen LogP contribution in [0.25, 0.3) is 11.3 Å². The van der Waals surface area contributed by atoms with E-state index in [0.29, 0.717) is 21.3 Å². The lowest BCUT2D eigenvalue weighted by atomic mass is 9.84. The van der Waals surface area contributed by atoms with Crippen molar-refractivity contribution in [2.75, 3.05) is 0 Å². The van der Waals surface area contributed by atoms with Gasteiger partial charge >= 0.3 is 0 Å². The van der Waals surface area contributed by atoms with Crippen molar-refractivity contribution in [1.82, 2.24) is 15.0 Å². The van der Waals surface area contributed by atoms with Gasteiger partial charge in [0.2, 0.25) is 0 Å². The third-order valence-electron chi connectivity index (χ3n) is 4.70. The Morgan fingerprint density at radius 2 is 1.34 bits per heavy atom. The van der Waals surface area contributed by atoms with Crippen molar-refractivity contribution < 1.29 is 5.11 Å². The van der Waals surface area contributed by atoms with Crippen LogP contribution >= 0.6 is 23.2 Å². The van der Waals surface area contributed by atoms with Crippen LogP contribution in [0.2, 0.25) is 10.0 Å². The Bertz CT molecular complexity index is 1050. The lowest BCUT2D eigenvalue weighted by Crippen LogP contribution is -2.14. The molecule has 0 saturated carbocycles. The molecule has 0 aliphatic rings. The van der Waals surface area contributed by atoms with Gasteiger partial charge in [-0.15, -0.1) is 0 Å². The summed E-state index contributed by atoms with van der Waals surface area (Å²) in [4.78, 5) is 13.0. The number of aromatic nitrogens is 3. The van der Waals surface area contributed by atoms with Crippen molar-refractivity contribution in [2.24, 2.45) is 0 Å². The molecule has 0 unspecified atom stereocenters. The first kappa shape index (κ1) is 19.5. The van der Waals surface area contributed by atoms with Crippen molar-refractivity contribution in [3.8, 4) is 11.3 Å². The molecular weight excluding hydrogens is 405 g/mol. The molecule has 1 aromatic carbocycles. The molecule has 4 nitrogen and oxygen atoms in total. The lowest BCUT2D eigenvalue weighted by molar-refractivity contribution is 0.159. The van der Waals surface area contributed by atoms with Crippen LogP contribution in [0.15, 0.2) is 85.6 Å². The maximum absolute atomic E-state index is 11.5. The molecule has 1 N–H and O–H groups in total. The first-order valence-electron chi connectivity index (χ1n) is 9.03. The summed E-state index contributed by atoms with van der Waals surface area (Å²) in [6.45, 7) is 0. The highest BCUT2D eigenvalue weighted by Gasteiger charge is 2.28. The second-order valence-corrected chi connectivity index (χ2v) is 7.47. The maximum atomic E-state index is 11.5. The van der Waals surface area contributed by atoms with E-state index >= 15 is 0 Å². The van der Waals surface area contributed by atoms with Gasteiger partial charge in [0.05, 0.1) is 11.8 Å². The number of aliphatic hydroxyl groups excluding tert-OH is 1. The smallest absolute Gasteiger partial charge is 0.0921 e. The summed E-state index contributed by atoms with van der Waals surface area (Å²) in [6, 6.07) is 16.5. The Morgan fingerprint density at radius 3 is 1.90 bits per heavy atom. The summed E-state index contributed by atoms with van der Waals surface area (Å²) in [6.07, 6.45) is 7.73. The van der Waals surface area contributed by atoms with Gasteiger partial charge in [0, 0.05) is 58.1 Å². The van der Waals surface area contributed by atoms with Gasteiger partial charge in [0.1, 0.15) is 0 Å². The molecule has 4 rings (SSSR count). The molecule has 3 heterocycles. The van der Waals surface area contributed by atoms with E-state index in [0.717, 1.165) is 16.7 Å². The van der Waals surface area contributed by atoms with Gasteiger partial charge in [0.25, 0.3) is 0 Å². The van der Waals surface area contributed by atoms with Gasteiger partial charge < -0.3 is 5.11 Å². The highest BCUT2D eigenvalue weighted by molar-refractivity contribution is 6.35. The van der Waals surface area contributed by atoms with Crippen LogP contribution < -0.4 is 0 Å². The third kappa shape index (κ3) is 4.30. The number of aliphatic hydroxyl groups is 1. The molecule has 0 radical (unpaired) electrons. The van der Waals surface area contributed by atoms with Crippen molar-refractivity contribution in [3.05, 3.63) is 112 Å². The summed E-state index contributed by atoms with van der Waals surface area (Å²) in [7, 11) is 0. The third-order valence-corrected chi connectivity index (χ3v) is 5.13. The number of pyridine rings is 3. The van der Waals surface area contributed by atoms with E-state index in [1.807, 2.05) is 30.3 Å². The number of hydrogen-bond acceptors (Lipinski definition) is 4. The van der Waals surface area contributed by atoms with Gasteiger partial charge in [0.15, 0.2) is 0 Å². The molecule has 4 aromatic rings. The monoisotopic (exact) mass is 421 g/mol. The summed E-state index contributed by atoms with van der Waals surface area (Å²) in [5, 5.41) is 12.5. The Balaban J connectivity index is 1.85. The predicted octanol–water partition coefficient (Wildman–Crippen LogP) is 5.71. The number of rotatable bonds is 5. The standard InChI is InChI=1S/C23H17Cl2N3O/c24-18-10-17(11-19(25)12-18)22-20(6-3-9-28-22)23(29)21(15-4-1-7-26-13-15)16-5-2-8-27-14-16/h1-14,21,23,29H/t23-/m1/s1. The zero-order valence-corrected chi connectivity index (χ0v) is 16.8. The van der Waals surface area contributed by atoms with Gasteiger partial charge in [-0.3, -0.25) is 15.0 Å². The number of nitrogens with zero attached hydrogens (tertiary/aromatic N) is 3. The molecule has 6 heteroatoms. The molecule has 0 aliphatic heterocycles. The molecule has 0 spiro atoms. The fourth-order valence-corrected chi connectivity index (χ4v) is 3.97. The van der Waals surface area contributed by atoms with E-state index in [1.54, 1.807) is 55.2 Å². The fraction of sp³-hybridized carbons (Fsp3) is 0.0870. The molecule has 144 valence electrons. The topological polar surface area (TPSA) is 58.9 Å². The van der Waals surface area contributed by atoms with Crippen LogP contribution in [0.3, 0.4) is 0 Å². The van der Waals surface area contributed by atoms with Gasteiger partial charge in [-0.1, -0.05) is 41.4 Å². The van der Waals surface area contributed by atoms with Gasteiger partial charge in [-0.25, -0.2) is 0 Å². The van der Waals surface area contributed by atoms with E-state index in [9.17, 15) is 5.11 Å². The van der Waals surface area contributed by atoms with Crippen LogP contribution in [-0.4, -0.2) is 20.1 Å². The second-order valence-electron chi connectivity index (χ2n) is 6.59. The van der Waals surface area contributed by atoms with E-state index in [1.165, 1.54) is 0 Å². The van der Waals surface area contributed by atoms with E-state index in [2.05, 4.69) is 15.0 Å². The van der Waals surface area contributed by atoms with Crippen LogP contribution in [-0.2, 0) is 0 Å². The molecule has 0 bridgehead atoms. The summed E-state index contributed by atoms with van der Waals surface area (Å²) < 4.78 is 0. The number of halogens is 2. The summed E-state index contributed by atoms with van der Waals surface area (Å²) in [5.41, 5.74) is 3.80. The summed E-state index contributed by atoms with van der Waals surface area (Å²) >= 11 is 12.4. The lowest BCUT2D eigenvalue weighted by Gasteiger charge is -2.25. The van der Waals surface area contributed by atoms with Gasteiger partial charge in [-0.2, -0.15) is 0 Å². The average Bonchev–Trinajstić information content (AvgIpc) is 2.75. The minimum absolute atomic E-state index is 0.366. The highest BCUT2D eigenvalue weighted by Crippen LogP contribution is 2.40. The van der Waals surface area contributed by atoms with Crippen LogP contribution in [0, 0.1) is 0 Å². The molecular formula is C23H17Cl2N3O. The Labute approximate surface area is 178 Å². The minimum atomic E-state index is -0.884. The summed E-state index contributed by atoms with van der Waals surface area (Å²) in [5.74, 6) is -0.366. The second kappa shape index (κ2) is 8.70. The van der Waals surface area contributed by atoms with Crippen LogP contribution in [0.4, 0.5) is 0 Å². The average molecular weight is 422 g/mol. The van der Waals surface area contributed by atoms with Crippen molar-refractivity contribution in [2.45, 2.75) is 12.0 Å². The SMILES string of the molecule is O[C@H](c1cccnc1-c1cc(Cl)cc(Cl)c1)C(c1cccnc1)c1cccnc1. The number of hydrogen-bond donors (Lipinski definition) is 1. The molecule has 3 aromatic heterocycles. The zero-order chi connectivity index (χ0) is 20.2. The van der Waals surface area contributed by atoms with Crippen LogP contribution in [0.5, 0.6) is 0 Å². The van der Waals surface area contributed by atoms with Crippen LogP contribution in [0.1, 0.15) is 28.7 Å². The maximum Gasteiger partial charge on any atom is 0.0921 e. The zero-order valence-electron chi connectivity index (χ0n) is 15.3. The van der Waals surface area contributed by atoms with E-state index in [4.69, 9.17) is 23.2 Å². The first-order valence-corrected chi connectivity index (χ1v) is 9.78. The fourth-order valence-electron chi connectivity index (χ4n) is 3.44. The molecule has 0 aliphatic carbocycles. The van der Waals surface area contributed by atoms with E-state index < -0.39 is 6.10 Å². The van der Waals surface area contributed by atoms with Crippen molar-refractivity contribution >= 4 is 23.2 Å². The minimum Gasteiger partial charge on any atom is -0.387 e. The Hall–Kier alpha value is -2.79. The molecule has 0 saturated heterocycles. The first-order chi connectivity index (χ1) is 14.1. The Kier molecular flexibility index (Phi) is 5.86. The van der Waals surface area contributed by atoms with Crippen molar-refractivity contribution in [3.63, 3.8) is 0 Å².